The average molecular weight is 378 g/mol. The third kappa shape index (κ3) is 3.11. The summed E-state index contributed by atoms with van der Waals surface area (Å²) in [6.07, 6.45) is 0. The van der Waals surface area contributed by atoms with E-state index >= 15 is 0 Å². The zero-order chi connectivity index (χ0) is 20.8. The number of Topliss-reactive ketones (excluding diaryl/α,β-unsaturated/α-hetero) is 1. The van der Waals surface area contributed by atoms with Crippen LogP contribution in [0.1, 0.15) is 50.7 Å². The molecule has 0 radical (unpaired) electrons. The number of carbonyl (C=O) groups is 3. The number of carbonyl (C=O) groups excluding carboxylic acids is 3. The molecule has 1 N–H and O–H groups in total. The number of nitrogens with one attached hydrogen (secondary N) is 1. The summed E-state index contributed by atoms with van der Waals surface area (Å²) < 4.78 is 0. The predicted molar refractivity (Wildman–Crippen MR) is 108 cm³/mol. The van der Waals surface area contributed by atoms with Gasteiger partial charge in [-0.05, 0) is 75.4 Å². The van der Waals surface area contributed by atoms with E-state index in [4.69, 9.17) is 0 Å². The van der Waals surface area contributed by atoms with Crippen LogP contribution in [0.4, 0.5) is 4.79 Å². The summed E-state index contributed by atoms with van der Waals surface area (Å²) in [6, 6.07) is 8.76. The molecule has 0 aliphatic carbocycles. The summed E-state index contributed by atoms with van der Waals surface area (Å²) in [4.78, 5) is 39.5. The van der Waals surface area contributed by atoms with Gasteiger partial charge >= 0.3 is 6.03 Å². The molecule has 1 fully saturated rings. The average Bonchev–Trinajstić information content (AvgIpc) is 2.87. The Kier molecular flexibility index (Phi) is 4.88. The number of imide groups is 1. The van der Waals surface area contributed by atoms with Crippen LogP contribution in [0.15, 0.2) is 30.3 Å². The quantitative estimate of drug-likeness (QED) is 0.649. The first-order chi connectivity index (χ1) is 13.1. The number of hydrogen-bond acceptors (Lipinski definition) is 3. The Hall–Kier alpha value is -2.95. The molecule has 5 heteroatoms. The third-order valence-electron chi connectivity index (χ3n) is 5.99. The molecule has 2 aromatic rings. The molecule has 0 saturated carbocycles. The van der Waals surface area contributed by atoms with Crippen LogP contribution in [0, 0.1) is 34.6 Å². The lowest BCUT2D eigenvalue weighted by molar-refractivity contribution is -0.130. The van der Waals surface area contributed by atoms with Crippen molar-refractivity contribution in [3.05, 3.63) is 69.3 Å². The highest BCUT2D eigenvalue weighted by molar-refractivity contribution is 6.11. The van der Waals surface area contributed by atoms with E-state index in [0.29, 0.717) is 11.1 Å². The van der Waals surface area contributed by atoms with E-state index in [0.717, 1.165) is 32.7 Å². The molecule has 0 bridgehead atoms. The SMILES string of the molecule is Cc1ccc(C2(C)NC(=O)N(CC(=O)c3cc(C)c(C)c(C)c3C)C2=O)cc1. The zero-order valence-electron chi connectivity index (χ0n) is 17.3. The van der Waals surface area contributed by atoms with Gasteiger partial charge in [-0.2, -0.15) is 0 Å². The minimum atomic E-state index is -1.17. The normalized spacial score (nSPS) is 19.1. The van der Waals surface area contributed by atoms with Gasteiger partial charge in [0.05, 0.1) is 6.54 Å². The van der Waals surface area contributed by atoms with Crippen molar-refractivity contribution in [1.29, 1.82) is 0 Å². The molecule has 1 saturated heterocycles. The van der Waals surface area contributed by atoms with E-state index < -0.39 is 17.5 Å². The van der Waals surface area contributed by atoms with Crippen LogP contribution >= 0.6 is 0 Å². The molecule has 3 rings (SSSR count). The number of hydrogen-bond donors (Lipinski definition) is 1. The molecule has 0 spiro atoms. The highest BCUT2D eigenvalue weighted by Crippen LogP contribution is 2.29. The Balaban J connectivity index is 1.89. The van der Waals surface area contributed by atoms with Crippen molar-refractivity contribution in [2.75, 3.05) is 6.54 Å². The fourth-order valence-corrected chi connectivity index (χ4v) is 3.65. The summed E-state index contributed by atoms with van der Waals surface area (Å²) in [5.74, 6) is -0.645. The number of ketones is 1. The summed E-state index contributed by atoms with van der Waals surface area (Å²) in [5.41, 5.74) is 5.28. The molecule has 1 aliphatic rings. The van der Waals surface area contributed by atoms with Crippen molar-refractivity contribution in [1.82, 2.24) is 10.2 Å². The summed E-state index contributed by atoms with van der Waals surface area (Å²) in [5, 5.41) is 2.75. The van der Waals surface area contributed by atoms with E-state index in [-0.39, 0.29) is 12.3 Å². The van der Waals surface area contributed by atoms with Gasteiger partial charge in [0.15, 0.2) is 5.78 Å². The maximum Gasteiger partial charge on any atom is 0.325 e. The zero-order valence-corrected chi connectivity index (χ0v) is 17.3. The minimum Gasteiger partial charge on any atom is -0.319 e. The van der Waals surface area contributed by atoms with E-state index in [1.165, 1.54) is 0 Å². The molecular weight excluding hydrogens is 352 g/mol. The van der Waals surface area contributed by atoms with Gasteiger partial charge in [-0.15, -0.1) is 0 Å². The molecule has 1 aliphatic heterocycles. The first-order valence-electron chi connectivity index (χ1n) is 9.38. The highest BCUT2D eigenvalue weighted by atomic mass is 16.2. The molecule has 2 aromatic carbocycles. The van der Waals surface area contributed by atoms with Crippen LogP contribution in [-0.2, 0) is 10.3 Å². The van der Waals surface area contributed by atoms with Crippen LogP contribution < -0.4 is 5.32 Å². The number of rotatable bonds is 4. The third-order valence-corrected chi connectivity index (χ3v) is 5.99. The summed E-state index contributed by atoms with van der Waals surface area (Å²) in [7, 11) is 0. The van der Waals surface area contributed by atoms with Gasteiger partial charge in [-0.3, -0.25) is 14.5 Å². The Labute approximate surface area is 165 Å². The first-order valence-corrected chi connectivity index (χ1v) is 9.38. The second-order valence-corrected chi connectivity index (χ2v) is 7.85. The lowest BCUT2D eigenvalue weighted by Crippen LogP contribution is -2.41. The summed E-state index contributed by atoms with van der Waals surface area (Å²) >= 11 is 0. The molecule has 28 heavy (non-hydrogen) atoms. The van der Waals surface area contributed by atoms with Crippen LogP contribution in [0.25, 0.3) is 0 Å². The van der Waals surface area contributed by atoms with Gasteiger partial charge < -0.3 is 5.32 Å². The lowest BCUT2D eigenvalue weighted by Gasteiger charge is -2.22. The van der Waals surface area contributed by atoms with E-state index in [9.17, 15) is 14.4 Å². The van der Waals surface area contributed by atoms with Crippen LogP contribution in [0.5, 0.6) is 0 Å². The highest BCUT2D eigenvalue weighted by Gasteiger charge is 2.49. The summed E-state index contributed by atoms with van der Waals surface area (Å²) in [6.45, 7) is 11.2. The second kappa shape index (κ2) is 6.89. The van der Waals surface area contributed by atoms with Crippen molar-refractivity contribution in [3.63, 3.8) is 0 Å². The van der Waals surface area contributed by atoms with Crippen LogP contribution in [0.3, 0.4) is 0 Å². The smallest absolute Gasteiger partial charge is 0.319 e. The molecule has 146 valence electrons. The molecule has 3 amide bonds. The number of nitrogens with zero attached hydrogens (tertiary/aromatic N) is 1. The van der Waals surface area contributed by atoms with Gasteiger partial charge in [0.2, 0.25) is 0 Å². The van der Waals surface area contributed by atoms with Crippen LogP contribution in [-0.4, -0.2) is 29.2 Å². The molecule has 1 atom stereocenters. The maximum atomic E-state index is 13.1. The minimum absolute atomic E-state index is 0.236. The number of benzene rings is 2. The molecular formula is C23H26N2O3. The van der Waals surface area contributed by atoms with Gasteiger partial charge in [0.1, 0.15) is 5.54 Å². The van der Waals surface area contributed by atoms with Gasteiger partial charge in [-0.25, -0.2) is 4.79 Å². The Morgan fingerprint density at radius 3 is 2.18 bits per heavy atom. The fourth-order valence-electron chi connectivity index (χ4n) is 3.65. The number of amides is 3. The Morgan fingerprint density at radius 1 is 0.964 bits per heavy atom. The molecule has 1 heterocycles. The van der Waals surface area contributed by atoms with Gasteiger partial charge in [0, 0.05) is 5.56 Å². The largest absolute Gasteiger partial charge is 0.325 e. The van der Waals surface area contributed by atoms with Crippen molar-refractivity contribution in [3.8, 4) is 0 Å². The maximum absolute atomic E-state index is 13.1. The monoisotopic (exact) mass is 378 g/mol. The first kappa shape index (κ1) is 19.8. The number of urea groups is 1. The second-order valence-electron chi connectivity index (χ2n) is 7.85. The molecule has 1 unspecified atom stereocenters. The van der Waals surface area contributed by atoms with Crippen molar-refractivity contribution in [2.45, 2.75) is 47.1 Å². The van der Waals surface area contributed by atoms with Crippen molar-refractivity contribution >= 4 is 17.7 Å². The predicted octanol–water partition coefficient (Wildman–Crippen LogP) is 3.88. The van der Waals surface area contributed by atoms with Crippen molar-refractivity contribution < 1.29 is 14.4 Å². The number of aryl methyl sites for hydroxylation is 2. The molecule has 0 aromatic heterocycles. The van der Waals surface area contributed by atoms with E-state index in [1.807, 2.05) is 65.0 Å². The van der Waals surface area contributed by atoms with Gasteiger partial charge in [-0.1, -0.05) is 29.8 Å². The standard InChI is InChI=1S/C23H26N2O3/c1-13-7-9-18(10-8-13)23(6)21(27)25(22(28)24-23)12-20(26)19-11-14(2)15(3)16(4)17(19)5/h7-11H,12H2,1-6H3,(H,24,28). The van der Waals surface area contributed by atoms with Crippen LogP contribution in [0.2, 0.25) is 0 Å². The topological polar surface area (TPSA) is 66.5 Å². The lowest BCUT2D eigenvalue weighted by atomic mass is 9.91. The fraction of sp³-hybridized carbons (Fsp3) is 0.348. The van der Waals surface area contributed by atoms with Crippen molar-refractivity contribution in [2.24, 2.45) is 0 Å². The Bertz CT molecular complexity index is 992. The molecule has 5 nitrogen and oxygen atoms in total. The van der Waals surface area contributed by atoms with Gasteiger partial charge in [0.25, 0.3) is 5.91 Å². The Morgan fingerprint density at radius 2 is 1.57 bits per heavy atom. The van der Waals surface area contributed by atoms with E-state index in [2.05, 4.69) is 5.32 Å². The van der Waals surface area contributed by atoms with E-state index in [1.54, 1.807) is 6.92 Å².